The number of benzene rings is 1. The van der Waals surface area contributed by atoms with Crippen molar-refractivity contribution in [2.45, 2.75) is 13.5 Å². The molecule has 0 aliphatic rings. The van der Waals surface area contributed by atoms with Crippen LogP contribution in [0.5, 0.6) is 17.2 Å². The van der Waals surface area contributed by atoms with Gasteiger partial charge >= 0.3 is 0 Å². The van der Waals surface area contributed by atoms with E-state index >= 15 is 0 Å². The number of carbonyl (C=O) groups excluding carboxylic acids is 1. The van der Waals surface area contributed by atoms with E-state index in [1.807, 2.05) is 13.0 Å². The fourth-order valence-corrected chi connectivity index (χ4v) is 2.21. The molecule has 1 amide bonds. The molecule has 0 atom stereocenters. The maximum absolute atomic E-state index is 12.0. The monoisotopic (exact) mass is 343 g/mol. The van der Waals surface area contributed by atoms with Gasteiger partial charge in [0.25, 0.3) is 0 Å². The Labute approximate surface area is 146 Å². The Hall–Kier alpha value is -3.09. The van der Waals surface area contributed by atoms with E-state index in [4.69, 9.17) is 14.2 Å². The van der Waals surface area contributed by atoms with E-state index in [-0.39, 0.29) is 5.91 Å². The molecule has 0 unspecified atom stereocenters. The van der Waals surface area contributed by atoms with Crippen molar-refractivity contribution in [2.24, 2.45) is 0 Å². The van der Waals surface area contributed by atoms with Gasteiger partial charge < -0.3 is 19.5 Å². The number of methoxy groups -OCH3 is 3. The third kappa shape index (κ3) is 4.94. The molecular formula is C18H21N3O4. The van der Waals surface area contributed by atoms with Gasteiger partial charge in [0, 0.05) is 11.8 Å². The van der Waals surface area contributed by atoms with Crippen LogP contribution in [0.15, 0.2) is 30.6 Å². The fraction of sp³-hybridized carbons (Fsp3) is 0.278. The lowest BCUT2D eigenvalue weighted by Crippen LogP contribution is -2.21. The molecule has 0 saturated heterocycles. The van der Waals surface area contributed by atoms with E-state index in [1.165, 1.54) is 19.5 Å². The third-order valence-electron chi connectivity index (χ3n) is 3.42. The molecule has 1 aromatic carbocycles. The molecule has 0 spiro atoms. The number of aryl methyl sites for hydroxylation is 1. The number of hydrogen-bond acceptors (Lipinski definition) is 6. The zero-order valence-corrected chi connectivity index (χ0v) is 14.7. The molecule has 2 rings (SSSR count). The summed E-state index contributed by atoms with van der Waals surface area (Å²) in [5.41, 5.74) is 2.36. The van der Waals surface area contributed by atoms with Crippen LogP contribution in [-0.4, -0.2) is 37.2 Å². The highest BCUT2D eigenvalue weighted by atomic mass is 16.5. The Morgan fingerprint density at radius 2 is 1.76 bits per heavy atom. The highest BCUT2D eigenvalue weighted by molar-refractivity contribution is 5.91. The van der Waals surface area contributed by atoms with Crippen molar-refractivity contribution in [3.63, 3.8) is 0 Å². The first-order valence-corrected chi connectivity index (χ1v) is 7.60. The molecular weight excluding hydrogens is 322 g/mol. The molecule has 7 heteroatoms. The summed E-state index contributed by atoms with van der Waals surface area (Å²) in [6.45, 7) is 2.21. The summed E-state index contributed by atoms with van der Waals surface area (Å²) in [7, 11) is 4.63. The van der Waals surface area contributed by atoms with Crippen LogP contribution in [0.2, 0.25) is 0 Å². The number of nitrogens with zero attached hydrogens (tertiary/aromatic N) is 2. The molecule has 1 aromatic heterocycles. The summed E-state index contributed by atoms with van der Waals surface area (Å²) in [6.07, 6.45) is 4.59. The molecule has 7 nitrogen and oxygen atoms in total. The highest BCUT2D eigenvalue weighted by Crippen LogP contribution is 2.38. The maximum atomic E-state index is 12.0. The second-order valence-corrected chi connectivity index (χ2v) is 5.16. The molecule has 1 N–H and O–H groups in total. The van der Waals surface area contributed by atoms with Crippen molar-refractivity contribution in [1.82, 2.24) is 15.3 Å². The number of nitrogens with one attached hydrogen (secondary N) is 1. The average Bonchev–Trinajstić information content (AvgIpc) is 2.63. The Balaban J connectivity index is 2.06. The van der Waals surface area contributed by atoms with E-state index in [1.54, 1.807) is 32.4 Å². The number of carbonyl (C=O) groups is 1. The quantitative estimate of drug-likeness (QED) is 0.776. The number of amides is 1. The zero-order valence-electron chi connectivity index (χ0n) is 14.7. The molecule has 0 saturated carbocycles. The summed E-state index contributed by atoms with van der Waals surface area (Å²) in [6, 6.07) is 5.35. The van der Waals surface area contributed by atoms with Crippen molar-refractivity contribution in [2.75, 3.05) is 21.3 Å². The van der Waals surface area contributed by atoms with E-state index in [0.29, 0.717) is 23.8 Å². The Bertz CT molecular complexity index is 750. The van der Waals surface area contributed by atoms with Crippen LogP contribution < -0.4 is 19.5 Å². The lowest BCUT2D eigenvalue weighted by Gasteiger charge is -2.12. The van der Waals surface area contributed by atoms with Crippen molar-refractivity contribution in [3.8, 4) is 17.2 Å². The summed E-state index contributed by atoms with van der Waals surface area (Å²) >= 11 is 0. The number of aromatic nitrogens is 2. The van der Waals surface area contributed by atoms with Crippen molar-refractivity contribution >= 4 is 12.0 Å². The molecule has 0 bridgehead atoms. The van der Waals surface area contributed by atoms with Crippen LogP contribution in [0, 0.1) is 6.92 Å². The first-order valence-electron chi connectivity index (χ1n) is 7.60. The molecule has 132 valence electrons. The molecule has 2 aromatic rings. The van der Waals surface area contributed by atoms with Crippen LogP contribution in [0.25, 0.3) is 6.08 Å². The Kier molecular flexibility index (Phi) is 6.33. The van der Waals surface area contributed by atoms with Gasteiger partial charge in [0.2, 0.25) is 11.7 Å². The summed E-state index contributed by atoms with van der Waals surface area (Å²) in [5, 5.41) is 2.77. The second kappa shape index (κ2) is 8.68. The predicted molar refractivity (Wildman–Crippen MR) is 93.7 cm³/mol. The van der Waals surface area contributed by atoms with Crippen LogP contribution in [-0.2, 0) is 11.3 Å². The van der Waals surface area contributed by atoms with E-state index < -0.39 is 0 Å². The third-order valence-corrected chi connectivity index (χ3v) is 3.42. The molecule has 25 heavy (non-hydrogen) atoms. The van der Waals surface area contributed by atoms with Gasteiger partial charge in [0.1, 0.15) is 6.33 Å². The Morgan fingerprint density at radius 1 is 1.08 bits per heavy atom. The number of hydrogen-bond donors (Lipinski definition) is 1. The van der Waals surface area contributed by atoms with E-state index in [0.717, 1.165) is 17.0 Å². The zero-order chi connectivity index (χ0) is 18.2. The van der Waals surface area contributed by atoms with Gasteiger partial charge in [-0.1, -0.05) is 0 Å². The van der Waals surface area contributed by atoms with Crippen LogP contribution in [0.4, 0.5) is 0 Å². The standard InChI is InChI=1S/C18H21N3O4/c1-12-7-14(21-11-20-12)10-19-17(22)6-5-13-8-15(23-2)18(25-4)16(9-13)24-3/h5-9,11H,10H2,1-4H3,(H,19,22)/b6-5+. The minimum Gasteiger partial charge on any atom is -0.493 e. The van der Waals surface area contributed by atoms with Crippen LogP contribution >= 0.6 is 0 Å². The predicted octanol–water partition coefficient (Wildman–Crippen LogP) is 2.14. The minimum absolute atomic E-state index is 0.231. The first-order chi connectivity index (χ1) is 12.1. The molecule has 0 aliphatic carbocycles. The molecule has 0 radical (unpaired) electrons. The molecule has 1 heterocycles. The van der Waals surface area contributed by atoms with Gasteiger partial charge in [-0.15, -0.1) is 0 Å². The van der Waals surface area contributed by atoms with Crippen LogP contribution in [0.3, 0.4) is 0 Å². The number of ether oxygens (including phenoxy) is 3. The van der Waals surface area contributed by atoms with Gasteiger partial charge in [-0.05, 0) is 36.8 Å². The van der Waals surface area contributed by atoms with Gasteiger partial charge in [-0.25, -0.2) is 9.97 Å². The maximum Gasteiger partial charge on any atom is 0.244 e. The van der Waals surface area contributed by atoms with Crippen molar-refractivity contribution < 1.29 is 19.0 Å². The lowest BCUT2D eigenvalue weighted by atomic mass is 10.1. The van der Waals surface area contributed by atoms with Crippen LogP contribution in [0.1, 0.15) is 17.0 Å². The Morgan fingerprint density at radius 3 is 2.32 bits per heavy atom. The molecule has 0 aliphatic heterocycles. The number of rotatable bonds is 7. The van der Waals surface area contributed by atoms with Crippen molar-refractivity contribution in [3.05, 3.63) is 47.6 Å². The summed E-state index contributed by atoms with van der Waals surface area (Å²) in [4.78, 5) is 20.1. The SMILES string of the molecule is COc1cc(/C=C/C(=O)NCc2cc(C)ncn2)cc(OC)c1OC. The van der Waals surface area contributed by atoms with Gasteiger partial charge in [-0.3, -0.25) is 4.79 Å². The molecule has 0 fully saturated rings. The lowest BCUT2D eigenvalue weighted by molar-refractivity contribution is -0.116. The topological polar surface area (TPSA) is 82.6 Å². The van der Waals surface area contributed by atoms with Crippen molar-refractivity contribution in [1.29, 1.82) is 0 Å². The van der Waals surface area contributed by atoms with E-state index in [2.05, 4.69) is 15.3 Å². The fourth-order valence-electron chi connectivity index (χ4n) is 2.21. The minimum atomic E-state index is -0.231. The summed E-state index contributed by atoms with van der Waals surface area (Å²) < 4.78 is 15.8. The van der Waals surface area contributed by atoms with Gasteiger partial charge in [-0.2, -0.15) is 0 Å². The van der Waals surface area contributed by atoms with E-state index in [9.17, 15) is 4.79 Å². The largest absolute Gasteiger partial charge is 0.493 e. The second-order valence-electron chi connectivity index (χ2n) is 5.16. The first kappa shape index (κ1) is 18.3. The summed E-state index contributed by atoms with van der Waals surface area (Å²) in [5.74, 6) is 1.33. The normalized spacial score (nSPS) is 10.6. The average molecular weight is 343 g/mol. The highest BCUT2D eigenvalue weighted by Gasteiger charge is 2.12. The smallest absolute Gasteiger partial charge is 0.244 e. The van der Waals surface area contributed by atoms with Gasteiger partial charge in [0.05, 0.1) is 33.6 Å². The van der Waals surface area contributed by atoms with Gasteiger partial charge in [0.15, 0.2) is 11.5 Å².